The van der Waals surface area contributed by atoms with Crippen molar-refractivity contribution < 1.29 is 9.53 Å². The molecule has 0 N–H and O–H groups in total. The number of halogens is 2. The molecule has 1 fully saturated rings. The highest BCUT2D eigenvalue weighted by atomic mass is 35.5. The molecule has 0 saturated carbocycles. The SMILES string of the molecule is O=C(COc1ccccc1Cl)N1CCN(Cc2ccc(Cl)s2)CC1. The molecule has 4 nitrogen and oxygen atoms in total. The minimum Gasteiger partial charge on any atom is -0.482 e. The molecule has 24 heavy (non-hydrogen) atoms. The summed E-state index contributed by atoms with van der Waals surface area (Å²) < 4.78 is 6.34. The molecule has 0 bridgehead atoms. The summed E-state index contributed by atoms with van der Waals surface area (Å²) in [6.07, 6.45) is 0. The van der Waals surface area contributed by atoms with Crippen LogP contribution in [-0.2, 0) is 11.3 Å². The van der Waals surface area contributed by atoms with Gasteiger partial charge in [0.25, 0.3) is 5.91 Å². The maximum atomic E-state index is 12.3. The van der Waals surface area contributed by atoms with E-state index in [9.17, 15) is 4.79 Å². The fraction of sp³-hybridized carbons (Fsp3) is 0.353. The van der Waals surface area contributed by atoms with Crippen LogP contribution in [0.2, 0.25) is 9.36 Å². The van der Waals surface area contributed by atoms with Crippen molar-refractivity contribution in [3.63, 3.8) is 0 Å². The molecule has 2 aromatic rings. The second-order valence-corrected chi connectivity index (χ2v) is 7.79. The fourth-order valence-electron chi connectivity index (χ4n) is 2.61. The number of hydrogen-bond acceptors (Lipinski definition) is 4. The average Bonchev–Trinajstić information content (AvgIpc) is 2.99. The molecule has 0 spiro atoms. The molecule has 3 rings (SSSR count). The molecule has 1 saturated heterocycles. The monoisotopic (exact) mass is 384 g/mol. The Morgan fingerprint density at radius 2 is 1.83 bits per heavy atom. The van der Waals surface area contributed by atoms with E-state index < -0.39 is 0 Å². The van der Waals surface area contributed by atoms with Crippen LogP contribution < -0.4 is 4.74 Å². The molecule has 1 aliphatic heterocycles. The van der Waals surface area contributed by atoms with Gasteiger partial charge in [-0.3, -0.25) is 9.69 Å². The number of benzene rings is 1. The number of carbonyl (C=O) groups excluding carboxylic acids is 1. The van der Waals surface area contributed by atoms with Gasteiger partial charge in [-0.2, -0.15) is 0 Å². The van der Waals surface area contributed by atoms with E-state index >= 15 is 0 Å². The maximum Gasteiger partial charge on any atom is 0.260 e. The lowest BCUT2D eigenvalue weighted by Crippen LogP contribution is -2.49. The Labute approximate surface area is 155 Å². The van der Waals surface area contributed by atoms with Crippen LogP contribution in [0.1, 0.15) is 4.88 Å². The van der Waals surface area contributed by atoms with E-state index in [-0.39, 0.29) is 12.5 Å². The molecule has 0 atom stereocenters. The van der Waals surface area contributed by atoms with Gasteiger partial charge in [0.1, 0.15) is 5.75 Å². The molecule has 0 aliphatic carbocycles. The Hall–Kier alpha value is -1.27. The molecule has 7 heteroatoms. The van der Waals surface area contributed by atoms with E-state index in [0.717, 1.165) is 24.0 Å². The van der Waals surface area contributed by atoms with Gasteiger partial charge < -0.3 is 9.64 Å². The third-order valence-corrected chi connectivity index (χ3v) is 5.45. The van der Waals surface area contributed by atoms with Crippen molar-refractivity contribution in [2.24, 2.45) is 0 Å². The lowest BCUT2D eigenvalue weighted by atomic mass is 10.3. The smallest absolute Gasteiger partial charge is 0.260 e. The summed E-state index contributed by atoms with van der Waals surface area (Å²) >= 11 is 13.6. The van der Waals surface area contributed by atoms with Crippen molar-refractivity contribution in [3.8, 4) is 5.75 Å². The van der Waals surface area contributed by atoms with Gasteiger partial charge in [0.15, 0.2) is 6.61 Å². The molecule has 1 aromatic carbocycles. The summed E-state index contributed by atoms with van der Waals surface area (Å²) in [5.41, 5.74) is 0. The number of rotatable bonds is 5. The van der Waals surface area contributed by atoms with Crippen molar-refractivity contribution >= 4 is 40.4 Å². The van der Waals surface area contributed by atoms with Crippen molar-refractivity contribution in [1.29, 1.82) is 0 Å². The Kier molecular flexibility index (Phi) is 6.00. The minimum atomic E-state index is -0.00580. The van der Waals surface area contributed by atoms with Crippen LogP contribution in [-0.4, -0.2) is 48.5 Å². The third-order valence-electron chi connectivity index (χ3n) is 3.92. The zero-order valence-electron chi connectivity index (χ0n) is 13.1. The summed E-state index contributed by atoms with van der Waals surface area (Å²) in [5.74, 6) is 0.537. The number of hydrogen-bond donors (Lipinski definition) is 0. The fourth-order valence-corrected chi connectivity index (χ4v) is 3.93. The first kappa shape index (κ1) is 17.5. The van der Waals surface area contributed by atoms with Crippen molar-refractivity contribution in [1.82, 2.24) is 9.80 Å². The van der Waals surface area contributed by atoms with Crippen LogP contribution in [0.5, 0.6) is 5.75 Å². The van der Waals surface area contributed by atoms with Crippen LogP contribution in [0, 0.1) is 0 Å². The quantitative estimate of drug-likeness (QED) is 0.786. The summed E-state index contributed by atoms with van der Waals surface area (Å²) in [6.45, 7) is 4.04. The number of thiophene rings is 1. The number of para-hydroxylation sites is 1. The van der Waals surface area contributed by atoms with Crippen LogP contribution in [0.25, 0.3) is 0 Å². The standard InChI is InChI=1S/C17H18Cl2N2O2S/c18-14-3-1-2-4-15(14)23-12-17(22)21-9-7-20(8-10-21)11-13-5-6-16(19)24-13/h1-6H,7-12H2. The molecule has 2 heterocycles. The average molecular weight is 385 g/mol. The van der Waals surface area contributed by atoms with Crippen LogP contribution in [0.15, 0.2) is 36.4 Å². The predicted octanol–water partition coefficient (Wildman–Crippen LogP) is 3.78. The Morgan fingerprint density at radius 1 is 1.08 bits per heavy atom. The number of carbonyl (C=O) groups is 1. The van der Waals surface area contributed by atoms with Gasteiger partial charge in [0, 0.05) is 37.6 Å². The lowest BCUT2D eigenvalue weighted by molar-refractivity contribution is -0.135. The molecule has 128 valence electrons. The third kappa shape index (κ3) is 4.63. The highest BCUT2D eigenvalue weighted by molar-refractivity contribution is 7.16. The Morgan fingerprint density at radius 3 is 2.50 bits per heavy atom. The molecular weight excluding hydrogens is 367 g/mol. The lowest BCUT2D eigenvalue weighted by Gasteiger charge is -2.34. The first-order valence-corrected chi connectivity index (χ1v) is 9.31. The van der Waals surface area contributed by atoms with E-state index in [2.05, 4.69) is 11.0 Å². The number of ether oxygens (including phenoxy) is 1. The normalized spacial score (nSPS) is 15.5. The largest absolute Gasteiger partial charge is 0.482 e. The summed E-state index contributed by atoms with van der Waals surface area (Å²) in [4.78, 5) is 17.7. The van der Waals surface area contributed by atoms with Crippen molar-refractivity contribution in [2.45, 2.75) is 6.54 Å². The molecule has 0 unspecified atom stereocenters. The van der Waals surface area contributed by atoms with Crippen LogP contribution in [0.4, 0.5) is 0 Å². The second kappa shape index (κ2) is 8.21. The first-order chi connectivity index (χ1) is 11.6. The molecule has 1 amide bonds. The number of piperazine rings is 1. The topological polar surface area (TPSA) is 32.8 Å². The highest BCUT2D eigenvalue weighted by Gasteiger charge is 2.22. The minimum absolute atomic E-state index is 0.00580. The Bertz CT molecular complexity index is 699. The number of nitrogens with zero attached hydrogens (tertiary/aromatic N) is 2. The van der Waals surface area contributed by atoms with Gasteiger partial charge in [-0.1, -0.05) is 35.3 Å². The first-order valence-electron chi connectivity index (χ1n) is 7.73. The highest BCUT2D eigenvalue weighted by Crippen LogP contribution is 2.24. The van der Waals surface area contributed by atoms with Gasteiger partial charge in [-0.15, -0.1) is 11.3 Å². The van der Waals surface area contributed by atoms with E-state index in [4.69, 9.17) is 27.9 Å². The van der Waals surface area contributed by atoms with Gasteiger partial charge in [-0.05, 0) is 24.3 Å². The Balaban J connectivity index is 1.44. The van der Waals surface area contributed by atoms with Crippen molar-refractivity contribution in [3.05, 3.63) is 50.6 Å². The predicted molar refractivity (Wildman–Crippen MR) is 98.1 cm³/mol. The van der Waals surface area contributed by atoms with E-state index in [1.54, 1.807) is 23.5 Å². The zero-order valence-corrected chi connectivity index (χ0v) is 15.4. The van der Waals surface area contributed by atoms with Crippen LogP contribution in [0.3, 0.4) is 0 Å². The van der Waals surface area contributed by atoms with Gasteiger partial charge in [0.2, 0.25) is 0 Å². The summed E-state index contributed by atoms with van der Waals surface area (Å²) in [7, 11) is 0. The van der Waals surface area contributed by atoms with Gasteiger partial charge in [-0.25, -0.2) is 0 Å². The maximum absolute atomic E-state index is 12.3. The molecular formula is C17H18Cl2N2O2S. The molecule has 0 radical (unpaired) electrons. The van der Waals surface area contributed by atoms with E-state index in [1.165, 1.54) is 4.88 Å². The van der Waals surface area contributed by atoms with Crippen LogP contribution >= 0.6 is 34.5 Å². The van der Waals surface area contributed by atoms with E-state index in [1.807, 2.05) is 23.1 Å². The van der Waals surface area contributed by atoms with Crippen molar-refractivity contribution in [2.75, 3.05) is 32.8 Å². The molecule has 1 aromatic heterocycles. The zero-order chi connectivity index (χ0) is 16.9. The number of amides is 1. The van der Waals surface area contributed by atoms with E-state index in [0.29, 0.717) is 23.9 Å². The van der Waals surface area contributed by atoms with Gasteiger partial charge in [0.05, 0.1) is 9.36 Å². The summed E-state index contributed by atoms with van der Waals surface area (Å²) in [6, 6.07) is 11.2. The van der Waals surface area contributed by atoms with Gasteiger partial charge >= 0.3 is 0 Å². The molecule has 1 aliphatic rings. The summed E-state index contributed by atoms with van der Waals surface area (Å²) in [5, 5.41) is 0.518. The second-order valence-electron chi connectivity index (χ2n) is 5.58.